The number of carbonyl (C=O) groups is 1. The van der Waals surface area contributed by atoms with Crippen LogP contribution in [0.25, 0.3) is 11.1 Å². The second kappa shape index (κ2) is 7.40. The van der Waals surface area contributed by atoms with Gasteiger partial charge in [-0.1, -0.05) is 12.1 Å². The minimum absolute atomic E-state index is 0.0729. The topological polar surface area (TPSA) is 140 Å². The van der Waals surface area contributed by atoms with Crippen LogP contribution < -0.4 is 21.5 Å². The molecule has 2 aromatic rings. The fraction of sp³-hybridized carbons (Fsp3) is 0.294. The standard InChI is InChI=1S/C17H21N5O3S/c18-6-8-21-26(24,25)13-3-1-11(2-4-13)14-5-7-20-17-15(14)9-12(22-17)10-16(19)23/h1-5,7,12,21H,6,8-10,18H2,(H2,19,23)(H,20,22). The molecule has 9 heteroatoms. The van der Waals surface area contributed by atoms with Crippen LogP contribution in [0, 0.1) is 0 Å². The first-order chi connectivity index (χ1) is 12.4. The summed E-state index contributed by atoms with van der Waals surface area (Å²) in [6, 6.07) is 8.44. The van der Waals surface area contributed by atoms with Crippen molar-refractivity contribution in [3.63, 3.8) is 0 Å². The lowest BCUT2D eigenvalue weighted by Gasteiger charge is -2.09. The molecule has 0 aliphatic carbocycles. The van der Waals surface area contributed by atoms with Crippen molar-refractivity contribution in [2.45, 2.75) is 23.8 Å². The Bertz CT molecular complexity index is 912. The number of pyridine rings is 1. The Balaban J connectivity index is 1.86. The zero-order valence-corrected chi connectivity index (χ0v) is 14.9. The molecule has 1 unspecified atom stereocenters. The average Bonchev–Trinajstić information content (AvgIpc) is 3.01. The quantitative estimate of drug-likeness (QED) is 0.545. The Labute approximate surface area is 152 Å². The van der Waals surface area contributed by atoms with Gasteiger partial charge < -0.3 is 16.8 Å². The lowest BCUT2D eigenvalue weighted by Crippen LogP contribution is -2.29. The van der Waals surface area contributed by atoms with E-state index in [1.165, 1.54) is 0 Å². The SMILES string of the molecule is NCCNS(=O)(=O)c1ccc(-c2ccnc3c2CC(CC(N)=O)N3)cc1. The van der Waals surface area contributed by atoms with Gasteiger partial charge in [0.15, 0.2) is 0 Å². The fourth-order valence-electron chi connectivity index (χ4n) is 3.04. The highest BCUT2D eigenvalue weighted by molar-refractivity contribution is 7.89. The molecule has 1 atom stereocenters. The van der Waals surface area contributed by atoms with E-state index in [0.717, 1.165) is 22.5 Å². The van der Waals surface area contributed by atoms with Gasteiger partial charge in [0.2, 0.25) is 15.9 Å². The molecular formula is C17H21N5O3S. The van der Waals surface area contributed by atoms with Crippen molar-refractivity contribution in [1.82, 2.24) is 9.71 Å². The lowest BCUT2D eigenvalue weighted by molar-refractivity contribution is -0.118. The van der Waals surface area contributed by atoms with Gasteiger partial charge in [-0.05, 0) is 35.7 Å². The van der Waals surface area contributed by atoms with Crippen LogP contribution in [0.1, 0.15) is 12.0 Å². The van der Waals surface area contributed by atoms with E-state index in [4.69, 9.17) is 11.5 Å². The number of hydrogen-bond acceptors (Lipinski definition) is 6. The Hall–Kier alpha value is -2.49. The highest BCUT2D eigenvalue weighted by atomic mass is 32.2. The van der Waals surface area contributed by atoms with E-state index in [1.54, 1.807) is 30.5 Å². The Morgan fingerprint density at radius 1 is 1.27 bits per heavy atom. The summed E-state index contributed by atoms with van der Waals surface area (Å²) in [5.41, 5.74) is 13.4. The molecule has 0 saturated carbocycles. The molecule has 0 radical (unpaired) electrons. The highest BCUT2D eigenvalue weighted by Gasteiger charge is 2.26. The maximum absolute atomic E-state index is 12.1. The Morgan fingerprint density at radius 2 is 2.00 bits per heavy atom. The predicted molar refractivity (Wildman–Crippen MR) is 98.8 cm³/mol. The van der Waals surface area contributed by atoms with Crippen molar-refractivity contribution in [2.24, 2.45) is 11.5 Å². The zero-order chi connectivity index (χ0) is 18.7. The van der Waals surface area contributed by atoms with Crippen LogP contribution in [0.3, 0.4) is 0 Å². The van der Waals surface area contributed by atoms with E-state index >= 15 is 0 Å². The smallest absolute Gasteiger partial charge is 0.240 e. The van der Waals surface area contributed by atoms with Crippen molar-refractivity contribution >= 4 is 21.7 Å². The van der Waals surface area contributed by atoms with Gasteiger partial charge in [0.1, 0.15) is 5.82 Å². The summed E-state index contributed by atoms with van der Waals surface area (Å²) in [6.45, 7) is 0.425. The molecule has 0 fully saturated rings. The first-order valence-corrected chi connectivity index (χ1v) is 9.72. The average molecular weight is 375 g/mol. The number of aromatic nitrogens is 1. The number of benzene rings is 1. The Kier molecular flexibility index (Phi) is 5.21. The highest BCUT2D eigenvalue weighted by Crippen LogP contribution is 2.34. The number of rotatable bonds is 7. The summed E-state index contributed by atoms with van der Waals surface area (Å²) in [4.78, 5) is 15.7. The number of sulfonamides is 1. The predicted octanol–water partition coefficient (Wildman–Crippen LogP) is 0.198. The number of nitrogens with zero attached hydrogens (tertiary/aromatic N) is 1. The van der Waals surface area contributed by atoms with E-state index in [0.29, 0.717) is 6.42 Å². The minimum atomic E-state index is -3.56. The second-order valence-corrected chi connectivity index (χ2v) is 7.88. The molecule has 0 bridgehead atoms. The van der Waals surface area contributed by atoms with E-state index in [1.807, 2.05) is 6.07 Å². The summed E-state index contributed by atoms with van der Waals surface area (Å²) in [7, 11) is -3.56. The molecule has 0 saturated heterocycles. The summed E-state index contributed by atoms with van der Waals surface area (Å²) in [6.07, 6.45) is 2.56. The van der Waals surface area contributed by atoms with Crippen molar-refractivity contribution in [3.05, 3.63) is 42.1 Å². The summed E-state index contributed by atoms with van der Waals surface area (Å²) >= 11 is 0. The number of anilines is 1. The van der Waals surface area contributed by atoms with Crippen LogP contribution in [0.4, 0.5) is 5.82 Å². The summed E-state index contributed by atoms with van der Waals surface area (Å²) < 4.78 is 26.7. The fourth-order valence-corrected chi connectivity index (χ4v) is 4.09. The van der Waals surface area contributed by atoms with E-state index in [9.17, 15) is 13.2 Å². The van der Waals surface area contributed by atoms with Gasteiger partial charge in [-0.15, -0.1) is 0 Å². The third-order valence-corrected chi connectivity index (χ3v) is 5.68. The molecule has 6 N–H and O–H groups in total. The number of primary amides is 1. The van der Waals surface area contributed by atoms with Crippen LogP contribution >= 0.6 is 0 Å². The minimum Gasteiger partial charge on any atom is -0.370 e. The number of fused-ring (bicyclic) bond motifs is 1. The largest absolute Gasteiger partial charge is 0.370 e. The van der Waals surface area contributed by atoms with E-state index < -0.39 is 10.0 Å². The van der Waals surface area contributed by atoms with Gasteiger partial charge in [0.25, 0.3) is 0 Å². The molecule has 138 valence electrons. The summed E-state index contributed by atoms with van der Waals surface area (Å²) in [5, 5.41) is 3.21. The molecule has 3 rings (SSSR count). The zero-order valence-electron chi connectivity index (χ0n) is 14.1. The summed E-state index contributed by atoms with van der Waals surface area (Å²) in [5.74, 6) is 0.367. The third-order valence-electron chi connectivity index (χ3n) is 4.21. The number of nitrogens with two attached hydrogens (primary N) is 2. The van der Waals surface area contributed by atoms with E-state index in [2.05, 4.69) is 15.0 Å². The van der Waals surface area contributed by atoms with Gasteiger partial charge in [0.05, 0.1) is 4.90 Å². The van der Waals surface area contributed by atoms with Gasteiger partial charge in [0, 0.05) is 37.3 Å². The molecule has 8 nitrogen and oxygen atoms in total. The monoisotopic (exact) mass is 375 g/mol. The van der Waals surface area contributed by atoms with Crippen molar-refractivity contribution in [1.29, 1.82) is 0 Å². The van der Waals surface area contributed by atoms with Gasteiger partial charge in [-0.3, -0.25) is 4.79 Å². The van der Waals surface area contributed by atoms with Gasteiger partial charge in [-0.2, -0.15) is 0 Å². The van der Waals surface area contributed by atoms with Crippen LogP contribution in [-0.2, 0) is 21.2 Å². The number of hydrogen-bond donors (Lipinski definition) is 4. The number of nitrogens with one attached hydrogen (secondary N) is 2. The Morgan fingerprint density at radius 3 is 2.65 bits per heavy atom. The first kappa shape index (κ1) is 18.3. The molecule has 26 heavy (non-hydrogen) atoms. The number of amides is 1. The molecule has 1 aliphatic rings. The molecular weight excluding hydrogens is 354 g/mol. The van der Waals surface area contributed by atoms with Crippen molar-refractivity contribution in [3.8, 4) is 11.1 Å². The van der Waals surface area contributed by atoms with Crippen LogP contribution in [0.2, 0.25) is 0 Å². The molecule has 0 spiro atoms. The van der Waals surface area contributed by atoms with Crippen LogP contribution in [0.15, 0.2) is 41.4 Å². The molecule has 2 heterocycles. The maximum atomic E-state index is 12.1. The number of carbonyl (C=O) groups excluding carboxylic acids is 1. The molecule has 1 aromatic carbocycles. The lowest BCUT2D eigenvalue weighted by atomic mass is 9.98. The first-order valence-electron chi connectivity index (χ1n) is 8.23. The van der Waals surface area contributed by atoms with Gasteiger partial charge in [-0.25, -0.2) is 18.1 Å². The molecule has 1 amide bonds. The van der Waals surface area contributed by atoms with Crippen molar-refractivity contribution in [2.75, 3.05) is 18.4 Å². The maximum Gasteiger partial charge on any atom is 0.240 e. The van der Waals surface area contributed by atoms with E-state index in [-0.39, 0.29) is 36.4 Å². The van der Waals surface area contributed by atoms with Crippen molar-refractivity contribution < 1.29 is 13.2 Å². The third kappa shape index (κ3) is 3.85. The molecule has 1 aromatic heterocycles. The van der Waals surface area contributed by atoms with Crippen LogP contribution in [0.5, 0.6) is 0 Å². The molecule has 1 aliphatic heterocycles. The second-order valence-electron chi connectivity index (χ2n) is 6.11. The van der Waals surface area contributed by atoms with Crippen LogP contribution in [-0.4, -0.2) is 38.4 Å². The van der Waals surface area contributed by atoms with Gasteiger partial charge >= 0.3 is 0 Å². The normalized spacial score (nSPS) is 16.1.